The molecule has 2 N–H and O–H groups in total. The van der Waals surface area contributed by atoms with Gasteiger partial charge in [-0.05, 0) is 48.9 Å². The number of benzene rings is 1. The third-order valence-corrected chi connectivity index (χ3v) is 5.89. The van der Waals surface area contributed by atoms with E-state index in [9.17, 15) is 13.2 Å². The Hall–Kier alpha value is -2.06. The van der Waals surface area contributed by atoms with Crippen LogP contribution in [-0.2, 0) is 10.0 Å². The third kappa shape index (κ3) is 5.47. The fraction of sp³-hybridized carbons (Fsp3) is 0.333. The van der Waals surface area contributed by atoms with Crippen LogP contribution < -0.4 is 10.0 Å². The van der Waals surface area contributed by atoms with Gasteiger partial charge in [-0.1, -0.05) is 19.9 Å². The van der Waals surface area contributed by atoms with Crippen molar-refractivity contribution in [3.05, 3.63) is 47.7 Å². The number of pyridine rings is 1. The lowest BCUT2D eigenvalue weighted by atomic mass is 10.1. The van der Waals surface area contributed by atoms with Gasteiger partial charge in [0.1, 0.15) is 0 Å². The van der Waals surface area contributed by atoms with Crippen molar-refractivity contribution < 1.29 is 13.2 Å². The first-order chi connectivity index (χ1) is 12.4. The highest BCUT2D eigenvalue weighted by atomic mass is 32.2. The Labute approximate surface area is 158 Å². The van der Waals surface area contributed by atoms with E-state index in [0.717, 1.165) is 10.8 Å². The van der Waals surface area contributed by atoms with Gasteiger partial charge in [-0.3, -0.25) is 9.52 Å². The SMILES string of the molecule is CCCS(=O)(=O)Nc1cccc(NC(=O)c2ccnc(SCC)c2)c1C. The number of hydrogen-bond donors (Lipinski definition) is 2. The summed E-state index contributed by atoms with van der Waals surface area (Å²) in [6, 6.07) is 8.52. The van der Waals surface area contributed by atoms with E-state index in [0.29, 0.717) is 28.9 Å². The van der Waals surface area contributed by atoms with Gasteiger partial charge in [-0.25, -0.2) is 13.4 Å². The average molecular weight is 394 g/mol. The van der Waals surface area contributed by atoms with E-state index in [-0.39, 0.29) is 11.7 Å². The maximum absolute atomic E-state index is 12.5. The van der Waals surface area contributed by atoms with Gasteiger partial charge in [0.2, 0.25) is 10.0 Å². The number of amides is 1. The number of carbonyl (C=O) groups is 1. The standard InChI is InChI=1S/C18H23N3O3S2/c1-4-11-26(23,24)21-16-8-6-7-15(13(16)3)20-18(22)14-9-10-19-17(12-14)25-5-2/h6-10,12,21H,4-5,11H2,1-3H3,(H,20,22). The van der Waals surface area contributed by atoms with Crippen LogP contribution in [0.4, 0.5) is 11.4 Å². The lowest BCUT2D eigenvalue weighted by Gasteiger charge is -2.14. The molecule has 0 fully saturated rings. The molecule has 0 aliphatic rings. The van der Waals surface area contributed by atoms with Gasteiger partial charge in [0.25, 0.3) is 5.91 Å². The van der Waals surface area contributed by atoms with Crippen molar-refractivity contribution in [1.29, 1.82) is 0 Å². The molecule has 0 saturated heterocycles. The molecule has 0 saturated carbocycles. The Kier molecular flexibility index (Phi) is 7.05. The fourth-order valence-corrected chi connectivity index (χ4v) is 4.18. The first-order valence-electron chi connectivity index (χ1n) is 8.36. The first kappa shape index (κ1) is 20.3. The van der Waals surface area contributed by atoms with Gasteiger partial charge >= 0.3 is 0 Å². The van der Waals surface area contributed by atoms with Crippen LogP contribution in [0.15, 0.2) is 41.6 Å². The normalized spacial score (nSPS) is 11.2. The number of nitrogens with one attached hydrogen (secondary N) is 2. The third-order valence-electron chi connectivity index (χ3n) is 3.61. The zero-order valence-corrected chi connectivity index (χ0v) is 16.7. The Bertz CT molecular complexity index is 883. The molecule has 8 heteroatoms. The summed E-state index contributed by atoms with van der Waals surface area (Å²) < 4.78 is 26.6. The van der Waals surface area contributed by atoms with Crippen molar-refractivity contribution in [1.82, 2.24) is 4.98 Å². The van der Waals surface area contributed by atoms with Crippen LogP contribution in [0.5, 0.6) is 0 Å². The number of carbonyl (C=O) groups excluding carboxylic acids is 1. The van der Waals surface area contributed by atoms with E-state index in [1.165, 1.54) is 0 Å². The lowest BCUT2D eigenvalue weighted by Crippen LogP contribution is -2.18. The molecule has 2 aromatic rings. The Morgan fingerprint density at radius 1 is 1.19 bits per heavy atom. The molecular weight excluding hydrogens is 370 g/mol. The maximum atomic E-state index is 12.5. The number of thioether (sulfide) groups is 1. The van der Waals surface area contributed by atoms with Crippen molar-refractivity contribution in [2.24, 2.45) is 0 Å². The molecule has 0 aliphatic heterocycles. The van der Waals surface area contributed by atoms with E-state index in [1.54, 1.807) is 55.2 Å². The molecule has 1 heterocycles. The van der Waals surface area contributed by atoms with Crippen LogP contribution in [0.3, 0.4) is 0 Å². The molecule has 6 nitrogen and oxygen atoms in total. The second-order valence-corrected chi connectivity index (χ2v) is 8.80. The molecule has 1 aromatic carbocycles. The second kappa shape index (κ2) is 9.05. The van der Waals surface area contributed by atoms with E-state index in [2.05, 4.69) is 15.0 Å². The molecule has 140 valence electrons. The number of sulfonamides is 1. The smallest absolute Gasteiger partial charge is 0.255 e. The molecule has 1 aromatic heterocycles. The molecule has 26 heavy (non-hydrogen) atoms. The Morgan fingerprint density at radius 2 is 1.92 bits per heavy atom. The van der Waals surface area contributed by atoms with E-state index in [1.807, 2.05) is 13.8 Å². The van der Waals surface area contributed by atoms with Crippen molar-refractivity contribution in [3.8, 4) is 0 Å². The molecule has 1 amide bonds. The summed E-state index contributed by atoms with van der Waals surface area (Å²) in [4.78, 5) is 16.7. The summed E-state index contributed by atoms with van der Waals surface area (Å²) in [6.07, 6.45) is 2.14. The molecule has 0 unspecified atom stereocenters. The molecule has 0 aliphatic carbocycles. The number of hydrogen-bond acceptors (Lipinski definition) is 5. The van der Waals surface area contributed by atoms with E-state index >= 15 is 0 Å². The summed E-state index contributed by atoms with van der Waals surface area (Å²) in [5, 5.41) is 3.63. The molecule has 0 spiro atoms. The molecule has 0 bridgehead atoms. The minimum absolute atomic E-state index is 0.0535. The average Bonchev–Trinajstić information content (AvgIpc) is 2.58. The lowest BCUT2D eigenvalue weighted by molar-refractivity contribution is 0.102. The van der Waals surface area contributed by atoms with Crippen LogP contribution in [-0.4, -0.2) is 30.8 Å². The van der Waals surface area contributed by atoms with Crippen molar-refractivity contribution >= 4 is 39.1 Å². The topological polar surface area (TPSA) is 88.2 Å². The van der Waals surface area contributed by atoms with Crippen LogP contribution in [0.1, 0.15) is 36.2 Å². The summed E-state index contributed by atoms with van der Waals surface area (Å²) in [5.74, 6) is 0.664. The van der Waals surface area contributed by atoms with Gasteiger partial charge in [-0.2, -0.15) is 0 Å². The molecule has 2 rings (SSSR count). The largest absolute Gasteiger partial charge is 0.322 e. The number of anilines is 2. The Morgan fingerprint density at radius 3 is 2.62 bits per heavy atom. The Balaban J connectivity index is 2.21. The molecule has 0 radical (unpaired) electrons. The van der Waals surface area contributed by atoms with Gasteiger partial charge in [0.15, 0.2) is 0 Å². The van der Waals surface area contributed by atoms with Gasteiger partial charge in [-0.15, -0.1) is 11.8 Å². The highest BCUT2D eigenvalue weighted by Crippen LogP contribution is 2.25. The summed E-state index contributed by atoms with van der Waals surface area (Å²) >= 11 is 1.56. The fourth-order valence-electron chi connectivity index (χ4n) is 2.34. The summed E-state index contributed by atoms with van der Waals surface area (Å²) in [5.41, 5.74) is 2.20. The number of rotatable bonds is 8. The van der Waals surface area contributed by atoms with Crippen molar-refractivity contribution in [2.45, 2.75) is 32.2 Å². The second-order valence-electron chi connectivity index (χ2n) is 5.67. The summed E-state index contributed by atoms with van der Waals surface area (Å²) in [6.45, 7) is 5.60. The molecular formula is C18H23N3O3S2. The van der Waals surface area contributed by atoms with Crippen LogP contribution >= 0.6 is 11.8 Å². The highest BCUT2D eigenvalue weighted by Gasteiger charge is 2.14. The predicted molar refractivity (Wildman–Crippen MR) is 107 cm³/mol. The van der Waals surface area contributed by atoms with Gasteiger partial charge in [0, 0.05) is 17.4 Å². The van der Waals surface area contributed by atoms with E-state index < -0.39 is 10.0 Å². The summed E-state index contributed by atoms with van der Waals surface area (Å²) in [7, 11) is -3.39. The van der Waals surface area contributed by atoms with Gasteiger partial charge < -0.3 is 5.32 Å². The quantitative estimate of drug-likeness (QED) is 0.664. The van der Waals surface area contributed by atoms with Crippen LogP contribution in [0, 0.1) is 6.92 Å². The molecule has 0 atom stereocenters. The number of aromatic nitrogens is 1. The van der Waals surface area contributed by atoms with Crippen LogP contribution in [0.2, 0.25) is 0 Å². The zero-order valence-electron chi connectivity index (χ0n) is 15.1. The van der Waals surface area contributed by atoms with Crippen LogP contribution in [0.25, 0.3) is 0 Å². The predicted octanol–water partition coefficient (Wildman–Crippen LogP) is 3.91. The monoisotopic (exact) mass is 393 g/mol. The zero-order chi connectivity index (χ0) is 19.2. The number of nitrogens with zero attached hydrogens (tertiary/aromatic N) is 1. The van der Waals surface area contributed by atoms with Gasteiger partial charge in [0.05, 0.1) is 16.5 Å². The van der Waals surface area contributed by atoms with Crippen molar-refractivity contribution in [3.63, 3.8) is 0 Å². The van der Waals surface area contributed by atoms with E-state index in [4.69, 9.17) is 0 Å². The highest BCUT2D eigenvalue weighted by molar-refractivity contribution is 7.99. The maximum Gasteiger partial charge on any atom is 0.255 e. The first-order valence-corrected chi connectivity index (χ1v) is 11.0. The minimum Gasteiger partial charge on any atom is -0.322 e. The van der Waals surface area contributed by atoms with Crippen molar-refractivity contribution in [2.75, 3.05) is 21.5 Å². The minimum atomic E-state index is -3.39.